The fourth-order valence-corrected chi connectivity index (χ4v) is 8.42. The van der Waals surface area contributed by atoms with Crippen LogP contribution >= 0.6 is 0 Å². The highest BCUT2D eigenvalue weighted by atomic mass is 19.4. The molecule has 1 aromatic heterocycles. The van der Waals surface area contributed by atoms with Gasteiger partial charge in [0.2, 0.25) is 11.8 Å². The molecule has 1 unspecified atom stereocenters. The van der Waals surface area contributed by atoms with Gasteiger partial charge < -0.3 is 25.6 Å². The van der Waals surface area contributed by atoms with Crippen molar-refractivity contribution in [2.75, 3.05) is 61.8 Å². The van der Waals surface area contributed by atoms with Crippen molar-refractivity contribution in [3.8, 4) is 5.75 Å². The Morgan fingerprint density at radius 3 is 2.28 bits per heavy atom. The lowest BCUT2D eigenvalue weighted by molar-refractivity contribution is -0.137. The quantitative estimate of drug-likeness (QED) is 0.108. The average molecular weight is 827 g/mol. The number of nitrogens with zero attached hydrogens (tertiary/aromatic N) is 4. The Bertz CT molecular complexity index is 2180. The fraction of sp³-hybridized carbons (Fsp3) is 0.422. The number of amides is 3. The molecule has 4 heterocycles. The second kappa shape index (κ2) is 18.3. The van der Waals surface area contributed by atoms with Gasteiger partial charge >= 0.3 is 6.18 Å². The lowest BCUT2D eigenvalue weighted by Gasteiger charge is -2.43. The molecule has 0 bridgehead atoms. The van der Waals surface area contributed by atoms with E-state index in [2.05, 4.69) is 53.1 Å². The van der Waals surface area contributed by atoms with Gasteiger partial charge in [0.1, 0.15) is 11.6 Å². The van der Waals surface area contributed by atoms with Gasteiger partial charge in [-0.05, 0) is 88.0 Å². The van der Waals surface area contributed by atoms with Gasteiger partial charge in [-0.25, -0.2) is 4.98 Å². The number of carbonyl (C=O) groups is 3. The number of aryl methyl sites for hydroxylation is 1. The van der Waals surface area contributed by atoms with E-state index in [0.717, 1.165) is 81.7 Å². The molecule has 0 radical (unpaired) electrons. The third-order valence-corrected chi connectivity index (χ3v) is 11.6. The molecule has 0 aliphatic carbocycles. The summed E-state index contributed by atoms with van der Waals surface area (Å²) in [5, 5.41) is 11.0. The van der Waals surface area contributed by atoms with Crippen LogP contribution in [0.2, 0.25) is 0 Å². The van der Waals surface area contributed by atoms with Crippen molar-refractivity contribution in [3.05, 3.63) is 101 Å². The molecule has 15 heteroatoms. The standard InChI is InChI=1S/C45H53F3N8O4/c1-28(2)60-40-25-39(29(3)23-38(40)52-41-24-37(35(26-50-41)45(46,47)48)51-36-8-6-5-7-34(36)43(58)49-4)56-21-19-55(20-22-56)32-15-17-54(18-16-32)27-30-9-11-31(12-10-30)33-13-14-42(57)53-44(33)59/h5-12,23-26,28,32-33H,13-22,27H2,1-4H3,(H,49,58)(H2,50,51,52)(H,53,57,59). The van der Waals surface area contributed by atoms with E-state index in [1.54, 1.807) is 18.2 Å². The Balaban J connectivity index is 0.977. The first-order valence-electron chi connectivity index (χ1n) is 20.6. The number of para-hydroxylation sites is 1. The van der Waals surface area contributed by atoms with E-state index in [1.165, 1.54) is 24.7 Å². The van der Waals surface area contributed by atoms with Crippen molar-refractivity contribution in [2.45, 2.75) is 77.2 Å². The monoisotopic (exact) mass is 826 g/mol. The summed E-state index contributed by atoms with van der Waals surface area (Å²) in [6.45, 7) is 12.3. The third-order valence-electron chi connectivity index (χ3n) is 11.6. The van der Waals surface area contributed by atoms with Crippen molar-refractivity contribution in [1.29, 1.82) is 0 Å². The first-order chi connectivity index (χ1) is 28.7. The number of alkyl halides is 3. The number of rotatable bonds is 12. The van der Waals surface area contributed by atoms with Crippen LogP contribution in [-0.2, 0) is 22.3 Å². The van der Waals surface area contributed by atoms with Crippen LogP contribution in [0.1, 0.15) is 78.1 Å². The predicted octanol–water partition coefficient (Wildman–Crippen LogP) is 7.35. The summed E-state index contributed by atoms with van der Waals surface area (Å²) in [6, 6.07) is 20.4. The van der Waals surface area contributed by atoms with Crippen molar-refractivity contribution < 1.29 is 32.3 Å². The van der Waals surface area contributed by atoms with Crippen LogP contribution in [-0.4, -0.2) is 91.0 Å². The maximum Gasteiger partial charge on any atom is 0.419 e. The first kappa shape index (κ1) is 42.5. The minimum absolute atomic E-state index is 0.167. The van der Waals surface area contributed by atoms with E-state index in [0.29, 0.717) is 30.3 Å². The molecular weight excluding hydrogens is 774 g/mol. The number of halogens is 3. The Kier molecular flexibility index (Phi) is 12.9. The molecule has 3 amide bonds. The van der Waals surface area contributed by atoms with E-state index in [4.69, 9.17) is 4.74 Å². The van der Waals surface area contributed by atoms with E-state index in [1.807, 2.05) is 45.0 Å². The number of likely N-dealkylation sites (tertiary alicyclic amines) is 1. The van der Waals surface area contributed by atoms with Crippen molar-refractivity contribution >= 4 is 46.3 Å². The van der Waals surface area contributed by atoms with Crippen LogP contribution in [0.4, 0.5) is 41.7 Å². The summed E-state index contributed by atoms with van der Waals surface area (Å²) >= 11 is 0. The predicted molar refractivity (Wildman–Crippen MR) is 226 cm³/mol. The zero-order valence-electron chi connectivity index (χ0n) is 34.5. The van der Waals surface area contributed by atoms with Gasteiger partial charge in [-0.2, -0.15) is 13.2 Å². The molecule has 3 fully saturated rings. The van der Waals surface area contributed by atoms with Crippen LogP contribution in [0.25, 0.3) is 0 Å². The summed E-state index contributed by atoms with van der Waals surface area (Å²) in [6.07, 6.45) is -0.969. The lowest BCUT2D eigenvalue weighted by atomic mass is 9.90. The molecule has 4 aromatic rings. The number of carbonyl (C=O) groups excluding carboxylic acids is 3. The number of imide groups is 1. The van der Waals surface area contributed by atoms with Crippen LogP contribution in [0.3, 0.4) is 0 Å². The van der Waals surface area contributed by atoms with Crippen molar-refractivity contribution in [3.63, 3.8) is 0 Å². The number of benzene rings is 3. The molecule has 7 rings (SSSR count). The van der Waals surface area contributed by atoms with Crippen LogP contribution in [0.5, 0.6) is 5.75 Å². The number of hydrogen-bond acceptors (Lipinski definition) is 10. The van der Waals surface area contributed by atoms with E-state index in [-0.39, 0.29) is 46.6 Å². The number of ether oxygens (including phenoxy) is 1. The van der Waals surface area contributed by atoms with Gasteiger partial charge in [0.25, 0.3) is 5.91 Å². The molecule has 0 spiro atoms. The number of hydrogen-bond donors (Lipinski definition) is 4. The molecule has 3 saturated heterocycles. The number of piperazine rings is 1. The largest absolute Gasteiger partial charge is 0.489 e. The number of piperidine rings is 2. The zero-order chi connectivity index (χ0) is 42.6. The van der Waals surface area contributed by atoms with Crippen molar-refractivity contribution in [1.82, 2.24) is 25.4 Å². The number of aromatic nitrogens is 1. The summed E-state index contributed by atoms with van der Waals surface area (Å²) in [5.41, 5.74) is 3.99. The molecule has 3 aliphatic heterocycles. The van der Waals surface area contributed by atoms with Gasteiger partial charge in [-0.3, -0.25) is 29.5 Å². The molecule has 0 saturated carbocycles. The molecule has 318 valence electrons. The molecule has 3 aromatic carbocycles. The smallest absolute Gasteiger partial charge is 0.419 e. The van der Waals surface area contributed by atoms with Gasteiger partial charge in [0.05, 0.1) is 40.2 Å². The number of anilines is 5. The fourth-order valence-electron chi connectivity index (χ4n) is 8.42. The maximum absolute atomic E-state index is 14.2. The van der Waals surface area contributed by atoms with Crippen LogP contribution < -0.4 is 30.9 Å². The van der Waals surface area contributed by atoms with Gasteiger partial charge in [-0.15, -0.1) is 0 Å². The normalized spacial score (nSPS) is 18.3. The van der Waals surface area contributed by atoms with Gasteiger partial charge in [0.15, 0.2) is 0 Å². The summed E-state index contributed by atoms with van der Waals surface area (Å²) in [4.78, 5) is 47.9. The topological polar surface area (TPSA) is 131 Å². The Hall–Kier alpha value is -5.67. The second-order valence-electron chi connectivity index (χ2n) is 16.1. The highest BCUT2D eigenvalue weighted by Gasteiger charge is 2.35. The van der Waals surface area contributed by atoms with E-state index < -0.39 is 17.6 Å². The lowest BCUT2D eigenvalue weighted by Crippen LogP contribution is -2.53. The summed E-state index contributed by atoms with van der Waals surface area (Å²) in [5.74, 6) is -0.378. The Morgan fingerprint density at radius 2 is 1.62 bits per heavy atom. The zero-order valence-corrected chi connectivity index (χ0v) is 34.5. The van der Waals surface area contributed by atoms with E-state index >= 15 is 0 Å². The van der Waals surface area contributed by atoms with Gasteiger partial charge in [-0.1, -0.05) is 36.4 Å². The molecule has 3 aliphatic rings. The number of nitrogens with one attached hydrogen (secondary N) is 4. The third kappa shape index (κ3) is 10.0. The molecule has 60 heavy (non-hydrogen) atoms. The molecular formula is C45H53F3N8O4. The minimum atomic E-state index is -4.70. The minimum Gasteiger partial charge on any atom is -0.489 e. The maximum atomic E-state index is 14.2. The summed E-state index contributed by atoms with van der Waals surface area (Å²) in [7, 11) is 1.46. The van der Waals surface area contributed by atoms with Crippen molar-refractivity contribution in [2.24, 2.45) is 0 Å². The number of pyridine rings is 1. The first-order valence-corrected chi connectivity index (χ1v) is 20.6. The highest BCUT2D eigenvalue weighted by Crippen LogP contribution is 2.40. The Morgan fingerprint density at radius 1 is 0.900 bits per heavy atom. The Labute approximate surface area is 348 Å². The average Bonchev–Trinajstić information content (AvgIpc) is 3.22. The summed E-state index contributed by atoms with van der Waals surface area (Å²) < 4.78 is 48.8. The molecule has 12 nitrogen and oxygen atoms in total. The highest BCUT2D eigenvalue weighted by molar-refractivity contribution is 6.01. The van der Waals surface area contributed by atoms with Gasteiger partial charge in [0, 0.05) is 76.3 Å². The van der Waals surface area contributed by atoms with Crippen LogP contribution in [0.15, 0.2) is 72.9 Å². The second-order valence-corrected chi connectivity index (χ2v) is 16.1. The van der Waals surface area contributed by atoms with E-state index in [9.17, 15) is 27.6 Å². The van der Waals surface area contributed by atoms with Crippen LogP contribution in [0, 0.1) is 6.92 Å². The SMILES string of the molecule is CNC(=O)c1ccccc1Nc1cc(Nc2cc(C)c(N3CCN(C4CCN(Cc5ccc(C6CCC(=O)NC6=O)cc5)CC4)CC3)cc2OC(C)C)ncc1C(F)(F)F. The molecule has 1 atom stereocenters. The molecule has 4 N–H and O–H groups in total.